The molecule has 0 atom stereocenters. The molecule has 10 heteroatoms. The van der Waals surface area contributed by atoms with Crippen molar-refractivity contribution < 1.29 is 9.84 Å². The van der Waals surface area contributed by atoms with Crippen molar-refractivity contribution in [1.29, 1.82) is 0 Å². The van der Waals surface area contributed by atoms with E-state index in [-0.39, 0.29) is 11.7 Å². The number of aromatic amines is 1. The first-order valence-corrected chi connectivity index (χ1v) is 10.6. The molecule has 0 aliphatic carbocycles. The molecule has 1 aromatic carbocycles. The minimum atomic E-state index is -0.394. The van der Waals surface area contributed by atoms with Crippen LogP contribution >= 0.6 is 0 Å². The van der Waals surface area contributed by atoms with Crippen LogP contribution in [-0.4, -0.2) is 66.6 Å². The molecule has 0 bridgehead atoms. The highest BCUT2D eigenvalue weighted by Gasteiger charge is 2.31. The van der Waals surface area contributed by atoms with Gasteiger partial charge in [-0.3, -0.25) is 9.13 Å². The molecule has 6 rings (SSSR count). The Morgan fingerprint density at radius 1 is 1.19 bits per heavy atom. The number of benzene rings is 1. The highest BCUT2D eigenvalue weighted by atomic mass is 16.5. The Morgan fingerprint density at radius 2 is 2.00 bits per heavy atom. The number of H-pyrrole nitrogens is 1. The fraction of sp³-hybridized carbons (Fsp3) is 0.429. The number of aliphatic hydroxyl groups is 1. The summed E-state index contributed by atoms with van der Waals surface area (Å²) in [5.74, 6) is 1.08. The summed E-state index contributed by atoms with van der Waals surface area (Å²) in [5.41, 5.74) is 3.86. The zero-order valence-corrected chi connectivity index (χ0v) is 17.2. The van der Waals surface area contributed by atoms with Gasteiger partial charge in [0.2, 0.25) is 5.95 Å². The zero-order valence-electron chi connectivity index (χ0n) is 17.2. The maximum atomic E-state index is 12.9. The lowest BCUT2D eigenvalue weighted by atomic mass is 10.1. The number of fused-ring (bicyclic) bond motifs is 2. The lowest BCUT2D eigenvalue weighted by molar-refractivity contribution is 0.0697. The Morgan fingerprint density at radius 3 is 2.77 bits per heavy atom. The molecule has 4 aromatic rings. The third-order valence-electron chi connectivity index (χ3n) is 6.17. The predicted octanol–water partition coefficient (Wildman–Crippen LogP) is 1.30. The lowest BCUT2D eigenvalue weighted by Crippen LogP contribution is -2.51. The molecule has 160 valence electrons. The van der Waals surface area contributed by atoms with Crippen molar-refractivity contribution in [3.63, 3.8) is 0 Å². The number of nitrogens with zero attached hydrogens (tertiary/aromatic N) is 6. The van der Waals surface area contributed by atoms with Gasteiger partial charge in [0.1, 0.15) is 11.8 Å². The first-order chi connectivity index (χ1) is 15.1. The molecule has 0 amide bonds. The summed E-state index contributed by atoms with van der Waals surface area (Å²) in [6, 6.07) is 6.06. The third-order valence-corrected chi connectivity index (χ3v) is 6.17. The second kappa shape index (κ2) is 6.89. The van der Waals surface area contributed by atoms with Gasteiger partial charge in [0.05, 0.1) is 17.1 Å². The number of aliphatic hydroxyl groups excluding tert-OH is 1. The molecule has 31 heavy (non-hydrogen) atoms. The minimum absolute atomic E-state index is 0.0226. The summed E-state index contributed by atoms with van der Waals surface area (Å²) in [6.45, 7) is 4.22. The molecule has 2 fully saturated rings. The van der Waals surface area contributed by atoms with E-state index in [1.807, 2.05) is 34.6 Å². The number of hydrogen-bond donors (Lipinski definition) is 2. The summed E-state index contributed by atoms with van der Waals surface area (Å²) in [4.78, 5) is 32.0. The Bertz CT molecular complexity index is 1340. The SMILES string of the molecule is Cc1ccc2ncn(-c3nc(N4CC(O)C4)c4[nH]c(=O)n(C5CCOCC5)c4n3)c2c1. The molecule has 0 spiro atoms. The van der Waals surface area contributed by atoms with E-state index in [0.717, 1.165) is 29.4 Å². The topological polar surface area (TPSA) is 114 Å². The summed E-state index contributed by atoms with van der Waals surface area (Å²) in [7, 11) is 0. The maximum absolute atomic E-state index is 12.9. The second-order valence-corrected chi connectivity index (χ2v) is 8.36. The van der Waals surface area contributed by atoms with Gasteiger partial charge in [-0.05, 0) is 37.5 Å². The lowest BCUT2D eigenvalue weighted by Gasteiger charge is -2.37. The van der Waals surface area contributed by atoms with Gasteiger partial charge in [0.15, 0.2) is 11.5 Å². The van der Waals surface area contributed by atoms with Crippen LogP contribution in [-0.2, 0) is 4.74 Å². The summed E-state index contributed by atoms with van der Waals surface area (Å²) in [5, 5.41) is 9.85. The van der Waals surface area contributed by atoms with Crippen LogP contribution in [0.15, 0.2) is 29.3 Å². The molecule has 0 saturated carbocycles. The van der Waals surface area contributed by atoms with Crippen LogP contribution in [0.25, 0.3) is 28.1 Å². The molecule has 2 N–H and O–H groups in total. The summed E-state index contributed by atoms with van der Waals surface area (Å²) < 4.78 is 9.08. The normalized spacial score (nSPS) is 18.2. The number of hydrogen-bond acceptors (Lipinski definition) is 7. The zero-order chi connectivity index (χ0) is 21.1. The van der Waals surface area contributed by atoms with Crippen molar-refractivity contribution >= 4 is 28.0 Å². The molecular weight excluding hydrogens is 398 g/mol. The second-order valence-electron chi connectivity index (χ2n) is 8.36. The molecule has 10 nitrogen and oxygen atoms in total. The van der Waals surface area contributed by atoms with Crippen LogP contribution in [0, 0.1) is 6.92 Å². The van der Waals surface area contributed by atoms with Gasteiger partial charge in [0, 0.05) is 32.3 Å². The van der Waals surface area contributed by atoms with E-state index >= 15 is 0 Å². The Hall–Kier alpha value is -3.24. The number of aryl methyl sites for hydroxylation is 1. The predicted molar refractivity (Wildman–Crippen MR) is 115 cm³/mol. The van der Waals surface area contributed by atoms with Gasteiger partial charge in [-0.1, -0.05) is 6.07 Å². The molecule has 3 aromatic heterocycles. The monoisotopic (exact) mass is 421 g/mol. The van der Waals surface area contributed by atoms with Gasteiger partial charge >= 0.3 is 5.69 Å². The van der Waals surface area contributed by atoms with E-state index in [4.69, 9.17) is 14.7 Å². The van der Waals surface area contributed by atoms with Gasteiger partial charge in [-0.15, -0.1) is 0 Å². The van der Waals surface area contributed by atoms with Crippen LogP contribution in [0.5, 0.6) is 0 Å². The van der Waals surface area contributed by atoms with Crippen molar-refractivity contribution in [3.8, 4) is 5.95 Å². The quantitative estimate of drug-likeness (QED) is 0.512. The average Bonchev–Trinajstić information content (AvgIpc) is 3.31. The van der Waals surface area contributed by atoms with E-state index in [0.29, 0.717) is 49.2 Å². The molecule has 0 unspecified atom stereocenters. The highest BCUT2D eigenvalue weighted by molar-refractivity contribution is 5.85. The molecule has 0 radical (unpaired) electrons. The Labute approximate surface area is 177 Å². The van der Waals surface area contributed by atoms with Crippen molar-refractivity contribution in [3.05, 3.63) is 40.6 Å². The minimum Gasteiger partial charge on any atom is -0.389 e. The molecule has 2 aliphatic rings. The standard InChI is InChI=1S/C21H23N7O3/c1-12-2-3-15-16(8-12)27(11-22-15)20-24-18(26-9-14(29)10-26)17-19(25-20)28(21(30)23-17)13-4-6-31-7-5-13/h2-3,8,11,13-14,29H,4-7,9-10H2,1H3,(H,23,30). The van der Waals surface area contributed by atoms with Crippen molar-refractivity contribution in [2.45, 2.75) is 31.9 Å². The molecular formula is C21H23N7O3. The van der Waals surface area contributed by atoms with Crippen molar-refractivity contribution in [2.24, 2.45) is 0 Å². The smallest absolute Gasteiger partial charge is 0.328 e. The maximum Gasteiger partial charge on any atom is 0.328 e. The first kappa shape index (κ1) is 18.5. The third kappa shape index (κ3) is 2.94. The van der Waals surface area contributed by atoms with Gasteiger partial charge < -0.3 is 19.7 Å². The largest absolute Gasteiger partial charge is 0.389 e. The van der Waals surface area contributed by atoms with Gasteiger partial charge in [0.25, 0.3) is 0 Å². The van der Waals surface area contributed by atoms with Gasteiger partial charge in [-0.25, -0.2) is 9.78 Å². The number of aromatic nitrogens is 6. The average molecular weight is 421 g/mol. The summed E-state index contributed by atoms with van der Waals surface area (Å²) in [6.07, 6.45) is 2.84. The number of β-amino-alcohol motifs (C(OH)–C–C–N with tert-alkyl or cyclic N) is 1. The molecule has 2 aliphatic heterocycles. The van der Waals surface area contributed by atoms with E-state index in [2.05, 4.69) is 9.97 Å². The van der Waals surface area contributed by atoms with Crippen LogP contribution in [0.3, 0.4) is 0 Å². The van der Waals surface area contributed by atoms with Crippen molar-refractivity contribution in [2.75, 3.05) is 31.2 Å². The van der Waals surface area contributed by atoms with Crippen LogP contribution in [0.2, 0.25) is 0 Å². The van der Waals surface area contributed by atoms with Gasteiger partial charge in [-0.2, -0.15) is 9.97 Å². The first-order valence-electron chi connectivity index (χ1n) is 10.6. The van der Waals surface area contributed by atoms with Crippen LogP contribution < -0.4 is 10.6 Å². The van der Waals surface area contributed by atoms with Crippen LogP contribution in [0.1, 0.15) is 24.4 Å². The number of rotatable bonds is 3. The number of imidazole rings is 2. The number of nitrogens with one attached hydrogen (secondary N) is 1. The van der Waals surface area contributed by atoms with E-state index in [9.17, 15) is 9.90 Å². The Kier molecular flexibility index (Phi) is 4.12. The van der Waals surface area contributed by atoms with Crippen molar-refractivity contribution in [1.82, 2.24) is 29.1 Å². The van der Waals surface area contributed by atoms with E-state index in [1.54, 1.807) is 10.9 Å². The Balaban J connectivity index is 1.59. The van der Waals surface area contributed by atoms with E-state index in [1.165, 1.54) is 0 Å². The number of anilines is 1. The fourth-order valence-electron chi connectivity index (χ4n) is 4.50. The fourth-order valence-corrected chi connectivity index (χ4v) is 4.50. The number of ether oxygens (including phenoxy) is 1. The molecule has 5 heterocycles. The van der Waals surface area contributed by atoms with Crippen LogP contribution in [0.4, 0.5) is 5.82 Å². The summed E-state index contributed by atoms with van der Waals surface area (Å²) >= 11 is 0. The van der Waals surface area contributed by atoms with E-state index < -0.39 is 6.10 Å². The highest BCUT2D eigenvalue weighted by Crippen LogP contribution is 2.30. The molecule has 2 saturated heterocycles.